The monoisotopic (exact) mass is 395 g/mol. The standard InChI is InChI=1S/C21H25N5O3/c1-21(2)12-14-10-16(17(11-18(14)29-21)25-6-8-28-9-7-25)24-20(27)15-13-23-26-5-3-4-22-19(15)26/h3-5,10-11,13,20,24,27H,6-9,12H2,1-2H3. The van der Waals surface area contributed by atoms with E-state index in [-0.39, 0.29) is 5.60 Å². The molecule has 1 fully saturated rings. The van der Waals surface area contributed by atoms with E-state index in [1.165, 1.54) is 0 Å². The summed E-state index contributed by atoms with van der Waals surface area (Å²) in [6.07, 6.45) is 5.05. The van der Waals surface area contributed by atoms with Crippen LogP contribution < -0.4 is 15.0 Å². The van der Waals surface area contributed by atoms with Crippen LogP contribution in [0.2, 0.25) is 0 Å². The Labute approximate surface area is 169 Å². The quantitative estimate of drug-likeness (QED) is 0.656. The second kappa shape index (κ2) is 6.89. The van der Waals surface area contributed by atoms with Gasteiger partial charge in [0.25, 0.3) is 0 Å². The van der Waals surface area contributed by atoms with E-state index in [4.69, 9.17) is 9.47 Å². The average molecular weight is 395 g/mol. The second-order valence-electron chi connectivity index (χ2n) is 8.15. The summed E-state index contributed by atoms with van der Waals surface area (Å²) in [6, 6.07) is 5.98. The lowest BCUT2D eigenvalue weighted by atomic mass is 10.0. The van der Waals surface area contributed by atoms with Crippen LogP contribution in [0.3, 0.4) is 0 Å². The van der Waals surface area contributed by atoms with Gasteiger partial charge in [0.05, 0.1) is 36.3 Å². The Morgan fingerprint density at radius 3 is 2.90 bits per heavy atom. The van der Waals surface area contributed by atoms with Crippen molar-refractivity contribution in [3.63, 3.8) is 0 Å². The summed E-state index contributed by atoms with van der Waals surface area (Å²) in [6.45, 7) is 7.14. The fourth-order valence-electron chi connectivity index (χ4n) is 4.08. The molecule has 1 atom stereocenters. The van der Waals surface area contributed by atoms with Crippen LogP contribution in [-0.2, 0) is 11.2 Å². The van der Waals surface area contributed by atoms with Crippen molar-refractivity contribution in [2.45, 2.75) is 32.1 Å². The van der Waals surface area contributed by atoms with Crippen LogP contribution in [0.1, 0.15) is 31.2 Å². The van der Waals surface area contributed by atoms with Crippen LogP contribution in [0, 0.1) is 0 Å². The molecule has 2 aromatic heterocycles. The number of ether oxygens (including phenoxy) is 2. The Kier molecular flexibility index (Phi) is 4.33. The van der Waals surface area contributed by atoms with Gasteiger partial charge in [-0.05, 0) is 26.0 Å². The molecule has 4 heterocycles. The highest BCUT2D eigenvalue weighted by atomic mass is 16.5. The van der Waals surface area contributed by atoms with Crippen molar-refractivity contribution < 1.29 is 14.6 Å². The van der Waals surface area contributed by atoms with Crippen LogP contribution in [0.5, 0.6) is 5.75 Å². The van der Waals surface area contributed by atoms with E-state index < -0.39 is 6.23 Å². The number of fused-ring (bicyclic) bond motifs is 2. The number of morpholine rings is 1. The number of benzene rings is 1. The van der Waals surface area contributed by atoms with E-state index in [1.807, 2.05) is 12.3 Å². The molecule has 8 heteroatoms. The first-order chi connectivity index (χ1) is 14.0. The smallest absolute Gasteiger partial charge is 0.162 e. The summed E-state index contributed by atoms with van der Waals surface area (Å²) in [7, 11) is 0. The lowest BCUT2D eigenvalue weighted by Crippen LogP contribution is -2.36. The molecule has 1 saturated heterocycles. The van der Waals surface area contributed by atoms with Crippen molar-refractivity contribution in [3.8, 4) is 5.75 Å². The minimum absolute atomic E-state index is 0.228. The van der Waals surface area contributed by atoms with Gasteiger partial charge < -0.3 is 24.8 Å². The number of nitrogens with zero attached hydrogens (tertiary/aromatic N) is 4. The molecule has 1 unspecified atom stereocenters. The molecule has 0 spiro atoms. The molecule has 29 heavy (non-hydrogen) atoms. The summed E-state index contributed by atoms with van der Waals surface area (Å²) in [4.78, 5) is 6.61. The maximum atomic E-state index is 11.0. The number of aliphatic hydroxyl groups excluding tert-OH is 1. The number of nitrogens with one attached hydrogen (secondary N) is 1. The molecule has 2 N–H and O–H groups in total. The zero-order valence-electron chi connectivity index (χ0n) is 16.6. The number of hydrogen-bond donors (Lipinski definition) is 2. The topological polar surface area (TPSA) is 84.2 Å². The van der Waals surface area contributed by atoms with E-state index in [9.17, 15) is 5.11 Å². The molecular weight excluding hydrogens is 370 g/mol. The van der Waals surface area contributed by atoms with E-state index >= 15 is 0 Å². The fraction of sp³-hybridized carbons (Fsp3) is 0.429. The average Bonchev–Trinajstić information content (AvgIpc) is 3.27. The van der Waals surface area contributed by atoms with Gasteiger partial charge in [0.2, 0.25) is 0 Å². The number of rotatable bonds is 4. The van der Waals surface area contributed by atoms with Crippen molar-refractivity contribution in [2.24, 2.45) is 0 Å². The Hall–Kier alpha value is -2.84. The fourth-order valence-corrected chi connectivity index (χ4v) is 4.08. The third-order valence-corrected chi connectivity index (χ3v) is 5.43. The highest BCUT2D eigenvalue weighted by molar-refractivity contribution is 5.75. The van der Waals surface area contributed by atoms with Gasteiger partial charge in [-0.1, -0.05) is 0 Å². The molecule has 152 valence electrons. The highest BCUT2D eigenvalue weighted by Crippen LogP contribution is 2.42. The minimum Gasteiger partial charge on any atom is -0.487 e. The summed E-state index contributed by atoms with van der Waals surface area (Å²) in [5, 5.41) is 18.5. The predicted octanol–water partition coefficient (Wildman–Crippen LogP) is 2.38. The first-order valence-electron chi connectivity index (χ1n) is 9.92. The second-order valence-corrected chi connectivity index (χ2v) is 8.15. The summed E-state index contributed by atoms with van der Waals surface area (Å²) in [5.74, 6) is 0.911. The molecule has 3 aromatic rings. The van der Waals surface area contributed by atoms with E-state index in [0.29, 0.717) is 24.4 Å². The molecule has 8 nitrogen and oxygen atoms in total. The molecule has 5 rings (SSSR count). The highest BCUT2D eigenvalue weighted by Gasteiger charge is 2.32. The van der Waals surface area contributed by atoms with Crippen molar-refractivity contribution in [3.05, 3.63) is 47.9 Å². The third-order valence-electron chi connectivity index (χ3n) is 5.43. The summed E-state index contributed by atoms with van der Waals surface area (Å²) >= 11 is 0. The first kappa shape index (κ1) is 18.2. The minimum atomic E-state index is -0.935. The van der Waals surface area contributed by atoms with Gasteiger partial charge >= 0.3 is 0 Å². The van der Waals surface area contributed by atoms with Gasteiger partial charge in [0.15, 0.2) is 11.9 Å². The molecule has 0 aliphatic carbocycles. The molecule has 0 saturated carbocycles. The van der Waals surface area contributed by atoms with Crippen molar-refractivity contribution in [1.29, 1.82) is 0 Å². The van der Waals surface area contributed by atoms with Gasteiger partial charge in [-0.25, -0.2) is 9.50 Å². The number of hydrogen-bond acceptors (Lipinski definition) is 7. The van der Waals surface area contributed by atoms with Crippen molar-refractivity contribution >= 4 is 17.0 Å². The Morgan fingerprint density at radius 2 is 2.07 bits per heavy atom. The van der Waals surface area contributed by atoms with Gasteiger partial charge in [0.1, 0.15) is 11.4 Å². The normalized spacial score (nSPS) is 19.1. The van der Waals surface area contributed by atoms with E-state index in [1.54, 1.807) is 16.9 Å². The van der Waals surface area contributed by atoms with Gasteiger partial charge in [-0.15, -0.1) is 0 Å². The molecular formula is C21H25N5O3. The van der Waals surface area contributed by atoms with Gasteiger partial charge in [-0.3, -0.25) is 0 Å². The van der Waals surface area contributed by atoms with Crippen LogP contribution in [0.4, 0.5) is 11.4 Å². The Bertz CT molecular complexity index is 1040. The molecule has 2 aliphatic rings. The number of aromatic nitrogens is 3. The zero-order chi connectivity index (χ0) is 20.0. The zero-order valence-corrected chi connectivity index (χ0v) is 16.6. The van der Waals surface area contributed by atoms with Gasteiger partial charge in [-0.2, -0.15) is 5.10 Å². The lowest BCUT2D eigenvalue weighted by Gasteiger charge is -2.31. The molecule has 0 radical (unpaired) electrons. The Balaban J connectivity index is 1.51. The van der Waals surface area contributed by atoms with Crippen LogP contribution in [-0.4, -0.2) is 51.6 Å². The SMILES string of the molecule is CC1(C)Cc2cc(NC(O)c3cnn4cccnc34)c(N3CCOCC3)cc2O1. The summed E-state index contributed by atoms with van der Waals surface area (Å²) < 4.78 is 13.3. The van der Waals surface area contributed by atoms with E-state index in [0.717, 1.165) is 42.2 Å². The van der Waals surface area contributed by atoms with Gasteiger partial charge in [0, 0.05) is 43.5 Å². The molecule has 0 bridgehead atoms. The first-order valence-corrected chi connectivity index (χ1v) is 9.92. The van der Waals surface area contributed by atoms with Crippen LogP contribution in [0.25, 0.3) is 5.65 Å². The molecule has 0 amide bonds. The van der Waals surface area contributed by atoms with Crippen LogP contribution in [0.15, 0.2) is 36.8 Å². The summed E-state index contributed by atoms with van der Waals surface area (Å²) in [5.41, 5.74) is 4.05. The van der Waals surface area contributed by atoms with Crippen molar-refractivity contribution in [2.75, 3.05) is 36.5 Å². The number of aliphatic hydroxyl groups is 1. The largest absolute Gasteiger partial charge is 0.487 e. The maximum Gasteiger partial charge on any atom is 0.162 e. The number of anilines is 2. The molecule has 1 aromatic carbocycles. The van der Waals surface area contributed by atoms with Crippen LogP contribution >= 0.6 is 0 Å². The Morgan fingerprint density at radius 1 is 1.24 bits per heavy atom. The van der Waals surface area contributed by atoms with E-state index in [2.05, 4.69) is 46.3 Å². The van der Waals surface area contributed by atoms with Crippen molar-refractivity contribution in [1.82, 2.24) is 14.6 Å². The maximum absolute atomic E-state index is 11.0. The molecule has 2 aliphatic heterocycles. The lowest BCUT2D eigenvalue weighted by molar-refractivity contribution is 0.122. The third kappa shape index (κ3) is 3.38. The predicted molar refractivity (Wildman–Crippen MR) is 109 cm³/mol.